The quantitative estimate of drug-likeness (QED) is 0.786. The molecule has 0 spiro atoms. The molecule has 0 saturated carbocycles. The summed E-state index contributed by atoms with van der Waals surface area (Å²) in [6, 6.07) is 7.20. The van der Waals surface area contributed by atoms with Gasteiger partial charge >= 0.3 is 0 Å². The van der Waals surface area contributed by atoms with E-state index in [-0.39, 0.29) is 16.9 Å². The molecule has 1 aromatic carbocycles. The van der Waals surface area contributed by atoms with E-state index >= 15 is 0 Å². The minimum Gasteiger partial charge on any atom is -0.496 e. The molecule has 0 aliphatic rings. The minimum atomic E-state index is -0.328. The number of rotatable bonds is 7. The fourth-order valence-corrected chi connectivity index (χ4v) is 3.27. The first-order valence-corrected chi connectivity index (χ1v) is 8.20. The van der Waals surface area contributed by atoms with Crippen molar-refractivity contribution in [2.75, 3.05) is 13.7 Å². The van der Waals surface area contributed by atoms with Gasteiger partial charge in [-0.1, -0.05) is 30.7 Å². The van der Waals surface area contributed by atoms with Gasteiger partial charge in [0, 0.05) is 16.3 Å². The smallest absolute Gasteiger partial charge is 0.145 e. The van der Waals surface area contributed by atoms with Gasteiger partial charge in [-0.15, -0.1) is 11.3 Å². The second-order valence-electron chi connectivity index (χ2n) is 4.81. The first-order chi connectivity index (χ1) is 10.2. The van der Waals surface area contributed by atoms with E-state index in [1.165, 1.54) is 0 Å². The molecule has 2 aromatic rings. The Morgan fingerprint density at radius 2 is 2.24 bits per heavy atom. The number of thiophene rings is 1. The molecular weight excluding hydrogens is 309 g/mol. The number of benzene rings is 1. The summed E-state index contributed by atoms with van der Waals surface area (Å²) in [6.07, 6.45) is 1.59. The first-order valence-electron chi connectivity index (χ1n) is 6.94. The van der Waals surface area contributed by atoms with Crippen molar-refractivity contribution in [1.82, 2.24) is 5.32 Å². The third-order valence-electron chi connectivity index (χ3n) is 3.27. The Hall–Kier alpha value is -1.10. The van der Waals surface area contributed by atoms with Crippen molar-refractivity contribution in [1.29, 1.82) is 0 Å². The van der Waals surface area contributed by atoms with E-state index in [0.29, 0.717) is 12.0 Å². The van der Waals surface area contributed by atoms with Crippen LogP contribution in [0.4, 0.5) is 4.39 Å². The fourth-order valence-electron chi connectivity index (χ4n) is 2.14. The van der Waals surface area contributed by atoms with Gasteiger partial charge in [-0.25, -0.2) is 4.39 Å². The predicted octanol–water partition coefficient (Wildman–Crippen LogP) is 4.83. The summed E-state index contributed by atoms with van der Waals surface area (Å²) in [5.41, 5.74) is 0.628. The number of nitrogens with one attached hydrogen (secondary N) is 1. The van der Waals surface area contributed by atoms with Crippen LogP contribution in [0.2, 0.25) is 5.02 Å². The van der Waals surface area contributed by atoms with Crippen molar-refractivity contribution >= 4 is 22.9 Å². The summed E-state index contributed by atoms with van der Waals surface area (Å²) in [5.74, 6) is 0.510. The maximum absolute atomic E-state index is 14.1. The molecule has 2 nitrogen and oxygen atoms in total. The van der Waals surface area contributed by atoms with E-state index < -0.39 is 0 Å². The number of hydrogen-bond donors (Lipinski definition) is 1. The molecule has 1 N–H and O–H groups in total. The number of halogens is 2. The maximum Gasteiger partial charge on any atom is 0.145 e. The minimum absolute atomic E-state index is 0.0619. The van der Waals surface area contributed by atoms with Crippen LogP contribution in [-0.4, -0.2) is 13.7 Å². The molecule has 1 atom stereocenters. The summed E-state index contributed by atoms with van der Waals surface area (Å²) in [4.78, 5) is 1.14. The van der Waals surface area contributed by atoms with Crippen LogP contribution in [0.15, 0.2) is 29.6 Å². The van der Waals surface area contributed by atoms with Crippen LogP contribution in [0.1, 0.15) is 29.8 Å². The van der Waals surface area contributed by atoms with Gasteiger partial charge in [-0.3, -0.25) is 0 Å². The second-order valence-corrected chi connectivity index (χ2v) is 6.16. The molecule has 1 unspecified atom stereocenters. The van der Waals surface area contributed by atoms with Gasteiger partial charge < -0.3 is 10.1 Å². The van der Waals surface area contributed by atoms with Gasteiger partial charge in [0.15, 0.2) is 0 Å². The lowest BCUT2D eigenvalue weighted by Gasteiger charge is -2.18. The van der Waals surface area contributed by atoms with Crippen molar-refractivity contribution in [2.45, 2.75) is 25.8 Å². The topological polar surface area (TPSA) is 21.3 Å². The molecule has 0 aliphatic heterocycles. The van der Waals surface area contributed by atoms with Crippen molar-refractivity contribution in [3.05, 3.63) is 50.9 Å². The van der Waals surface area contributed by atoms with Crippen molar-refractivity contribution in [2.24, 2.45) is 0 Å². The molecule has 21 heavy (non-hydrogen) atoms. The lowest BCUT2D eigenvalue weighted by atomic mass is 10.0. The Morgan fingerprint density at radius 3 is 2.90 bits per heavy atom. The van der Waals surface area contributed by atoms with E-state index in [9.17, 15) is 4.39 Å². The molecule has 1 aromatic heterocycles. The van der Waals surface area contributed by atoms with Gasteiger partial charge in [0.2, 0.25) is 0 Å². The van der Waals surface area contributed by atoms with Crippen LogP contribution in [0.5, 0.6) is 5.75 Å². The third kappa shape index (κ3) is 4.19. The highest BCUT2D eigenvalue weighted by Gasteiger charge is 2.17. The van der Waals surface area contributed by atoms with Crippen LogP contribution < -0.4 is 10.1 Å². The second kappa shape index (κ2) is 7.78. The van der Waals surface area contributed by atoms with E-state index in [2.05, 4.69) is 12.2 Å². The summed E-state index contributed by atoms with van der Waals surface area (Å²) < 4.78 is 19.3. The standard InChI is InChI=1S/C16H19ClFNOS/c1-3-7-19-14(15-9-12(20-2)10-21-15)8-11-5-4-6-13(17)16(11)18/h4-6,9-10,14,19H,3,7-8H2,1-2H3. The van der Waals surface area contributed by atoms with E-state index in [1.807, 2.05) is 11.4 Å². The molecule has 0 amide bonds. The van der Waals surface area contributed by atoms with Gasteiger partial charge in [-0.05, 0) is 37.1 Å². The maximum atomic E-state index is 14.1. The van der Waals surface area contributed by atoms with E-state index in [0.717, 1.165) is 23.6 Å². The molecule has 1 heterocycles. The molecular formula is C16H19ClFNOS. The van der Waals surface area contributed by atoms with Gasteiger partial charge in [0.1, 0.15) is 11.6 Å². The zero-order valence-electron chi connectivity index (χ0n) is 12.2. The highest BCUT2D eigenvalue weighted by molar-refractivity contribution is 7.10. The van der Waals surface area contributed by atoms with Gasteiger partial charge in [0.25, 0.3) is 0 Å². The molecule has 2 rings (SSSR count). The Kier molecular flexibility index (Phi) is 6.03. The summed E-state index contributed by atoms with van der Waals surface area (Å²) in [7, 11) is 1.65. The normalized spacial score (nSPS) is 12.4. The molecule has 0 radical (unpaired) electrons. The summed E-state index contributed by atoms with van der Waals surface area (Å²) in [6.45, 7) is 2.99. The van der Waals surface area contributed by atoms with Gasteiger partial charge in [0.05, 0.1) is 12.1 Å². The predicted molar refractivity (Wildman–Crippen MR) is 87.0 cm³/mol. The first kappa shape index (κ1) is 16.3. The Morgan fingerprint density at radius 1 is 1.43 bits per heavy atom. The van der Waals surface area contributed by atoms with Gasteiger partial charge in [-0.2, -0.15) is 0 Å². The fraction of sp³-hybridized carbons (Fsp3) is 0.375. The molecule has 0 aliphatic carbocycles. The van der Waals surface area contributed by atoms with E-state index in [1.54, 1.807) is 36.6 Å². The van der Waals surface area contributed by atoms with Crippen LogP contribution >= 0.6 is 22.9 Å². The lowest BCUT2D eigenvalue weighted by Crippen LogP contribution is -2.23. The largest absolute Gasteiger partial charge is 0.496 e. The van der Waals surface area contributed by atoms with Crippen LogP contribution in [-0.2, 0) is 6.42 Å². The SMILES string of the molecule is CCCNC(Cc1cccc(Cl)c1F)c1cc(OC)cs1. The summed E-state index contributed by atoms with van der Waals surface area (Å²) in [5, 5.41) is 5.60. The number of hydrogen-bond acceptors (Lipinski definition) is 3. The van der Waals surface area contributed by atoms with Crippen LogP contribution in [0.25, 0.3) is 0 Å². The van der Waals surface area contributed by atoms with E-state index in [4.69, 9.17) is 16.3 Å². The summed E-state index contributed by atoms with van der Waals surface area (Å²) >= 11 is 7.48. The molecule has 0 saturated heterocycles. The molecule has 114 valence electrons. The number of methoxy groups -OCH3 is 1. The highest BCUT2D eigenvalue weighted by atomic mass is 35.5. The van der Waals surface area contributed by atoms with Crippen molar-refractivity contribution in [3.63, 3.8) is 0 Å². The molecule has 0 fully saturated rings. The lowest BCUT2D eigenvalue weighted by molar-refractivity contribution is 0.415. The zero-order valence-corrected chi connectivity index (χ0v) is 13.7. The van der Waals surface area contributed by atoms with Crippen LogP contribution in [0, 0.1) is 5.82 Å². The zero-order chi connectivity index (χ0) is 15.2. The Labute approximate surface area is 133 Å². The average molecular weight is 328 g/mol. The molecule has 5 heteroatoms. The highest BCUT2D eigenvalue weighted by Crippen LogP contribution is 2.30. The third-order valence-corrected chi connectivity index (χ3v) is 4.59. The Bertz CT molecular complexity index is 587. The Balaban J connectivity index is 2.21. The molecule has 0 bridgehead atoms. The monoisotopic (exact) mass is 327 g/mol. The average Bonchev–Trinajstić information content (AvgIpc) is 2.96. The van der Waals surface area contributed by atoms with Crippen molar-refractivity contribution in [3.8, 4) is 5.75 Å². The van der Waals surface area contributed by atoms with Crippen LogP contribution in [0.3, 0.4) is 0 Å². The van der Waals surface area contributed by atoms with Crippen molar-refractivity contribution < 1.29 is 9.13 Å². The number of ether oxygens (including phenoxy) is 1.